The highest BCUT2D eigenvalue weighted by atomic mass is 16.6. The second-order valence-corrected chi connectivity index (χ2v) is 10.4. The van der Waals surface area contributed by atoms with E-state index in [1.807, 2.05) is 40.0 Å². The summed E-state index contributed by atoms with van der Waals surface area (Å²) >= 11 is 0. The van der Waals surface area contributed by atoms with E-state index in [0.717, 1.165) is 42.8 Å². The number of aromatic nitrogens is 2. The van der Waals surface area contributed by atoms with Crippen molar-refractivity contribution in [1.29, 1.82) is 5.26 Å². The molecule has 2 N–H and O–H groups in total. The van der Waals surface area contributed by atoms with Crippen molar-refractivity contribution in [2.75, 3.05) is 33.3 Å². The van der Waals surface area contributed by atoms with E-state index in [2.05, 4.69) is 16.1 Å². The Hall–Kier alpha value is -3.58. The van der Waals surface area contributed by atoms with E-state index < -0.39 is 5.60 Å². The number of amides is 1. The van der Waals surface area contributed by atoms with Crippen LogP contribution in [0.5, 0.6) is 5.75 Å². The van der Waals surface area contributed by atoms with Crippen LogP contribution in [0, 0.1) is 11.3 Å². The fraction of sp³-hybridized carbons (Fsp3) is 0.538. The molecule has 0 atom stereocenters. The molecule has 0 aliphatic carbocycles. The van der Waals surface area contributed by atoms with Gasteiger partial charge < -0.3 is 20.1 Å². The average molecular weight is 494 g/mol. The molecule has 4 rings (SSSR count). The van der Waals surface area contributed by atoms with Crippen molar-refractivity contribution in [2.45, 2.75) is 58.2 Å². The topological polar surface area (TPSA) is 121 Å². The van der Waals surface area contributed by atoms with Gasteiger partial charge in [0.1, 0.15) is 28.5 Å². The normalized spacial score (nSPS) is 18.7. The third-order valence-corrected chi connectivity index (χ3v) is 6.69. The predicted molar refractivity (Wildman–Crippen MR) is 138 cm³/mol. The van der Waals surface area contributed by atoms with E-state index in [-0.39, 0.29) is 12.1 Å². The maximum absolute atomic E-state index is 12.2. The number of piperidine rings is 1. The number of fused-ring (bicyclic) bond motifs is 1. The van der Waals surface area contributed by atoms with Crippen molar-refractivity contribution < 1.29 is 14.3 Å². The SMILES string of the molecule is COc1cc(/C(=C/N)C(C)=NC2CCN(C3CN(C(=O)OC(C)(C)C)C3)CC2)cn2ncc(C#N)c12. The summed E-state index contributed by atoms with van der Waals surface area (Å²) in [6.07, 6.45) is 6.59. The van der Waals surface area contributed by atoms with Crippen LogP contribution in [-0.2, 0) is 4.74 Å². The molecule has 1 amide bonds. The molecule has 2 aromatic rings. The molecular formula is C26H35N7O3. The van der Waals surface area contributed by atoms with Gasteiger partial charge in [0.15, 0.2) is 0 Å². The molecule has 0 aromatic carbocycles. The van der Waals surface area contributed by atoms with Crippen LogP contribution in [-0.4, -0.2) is 82.2 Å². The number of nitriles is 1. The Bertz CT molecular complexity index is 1220. The Morgan fingerprint density at radius 2 is 2.00 bits per heavy atom. The molecule has 2 aliphatic rings. The van der Waals surface area contributed by atoms with Gasteiger partial charge >= 0.3 is 6.09 Å². The zero-order chi connectivity index (χ0) is 26.0. The highest BCUT2D eigenvalue weighted by molar-refractivity contribution is 6.22. The van der Waals surface area contributed by atoms with Gasteiger partial charge in [0, 0.05) is 61.5 Å². The summed E-state index contributed by atoms with van der Waals surface area (Å²) < 4.78 is 12.6. The zero-order valence-electron chi connectivity index (χ0n) is 21.7. The van der Waals surface area contributed by atoms with Crippen LogP contribution in [0.2, 0.25) is 0 Å². The van der Waals surface area contributed by atoms with Crippen molar-refractivity contribution in [3.8, 4) is 11.8 Å². The maximum Gasteiger partial charge on any atom is 0.410 e. The van der Waals surface area contributed by atoms with Crippen LogP contribution in [0.25, 0.3) is 11.1 Å². The number of pyridine rings is 1. The Kier molecular flexibility index (Phi) is 7.22. The fourth-order valence-electron chi connectivity index (χ4n) is 4.78. The molecular weight excluding hydrogens is 458 g/mol. The van der Waals surface area contributed by atoms with Gasteiger partial charge in [-0.05, 0) is 46.6 Å². The minimum absolute atomic E-state index is 0.207. The quantitative estimate of drug-likeness (QED) is 0.635. The summed E-state index contributed by atoms with van der Waals surface area (Å²) in [5.74, 6) is 0.558. The summed E-state index contributed by atoms with van der Waals surface area (Å²) in [4.78, 5) is 21.4. The van der Waals surface area contributed by atoms with E-state index in [4.69, 9.17) is 20.2 Å². The first-order chi connectivity index (χ1) is 17.1. The third-order valence-electron chi connectivity index (χ3n) is 6.69. The Labute approximate surface area is 212 Å². The smallest absolute Gasteiger partial charge is 0.410 e. The number of hydrogen-bond acceptors (Lipinski definition) is 8. The van der Waals surface area contributed by atoms with Gasteiger partial charge in [-0.15, -0.1) is 0 Å². The number of nitrogens with zero attached hydrogens (tertiary/aromatic N) is 6. The zero-order valence-corrected chi connectivity index (χ0v) is 21.7. The molecule has 10 heteroatoms. The van der Waals surface area contributed by atoms with E-state index in [0.29, 0.717) is 36.0 Å². The van der Waals surface area contributed by atoms with Crippen LogP contribution in [0.15, 0.2) is 29.7 Å². The lowest BCUT2D eigenvalue weighted by molar-refractivity contribution is -0.0194. The van der Waals surface area contributed by atoms with Gasteiger partial charge in [-0.2, -0.15) is 10.4 Å². The summed E-state index contributed by atoms with van der Waals surface area (Å²) in [6.45, 7) is 10.9. The highest BCUT2D eigenvalue weighted by Crippen LogP contribution is 2.29. The van der Waals surface area contributed by atoms with E-state index in [9.17, 15) is 10.1 Å². The third kappa shape index (κ3) is 5.31. The van der Waals surface area contributed by atoms with E-state index >= 15 is 0 Å². The number of aliphatic imine (C=N–C) groups is 1. The van der Waals surface area contributed by atoms with Gasteiger partial charge in [0.25, 0.3) is 0 Å². The highest BCUT2D eigenvalue weighted by Gasteiger charge is 2.38. The number of allylic oxidation sites excluding steroid dienone is 1. The minimum Gasteiger partial charge on any atom is -0.494 e. The lowest BCUT2D eigenvalue weighted by Crippen LogP contribution is -2.62. The van der Waals surface area contributed by atoms with Gasteiger partial charge in [-0.1, -0.05) is 0 Å². The van der Waals surface area contributed by atoms with Gasteiger partial charge in [-0.3, -0.25) is 9.89 Å². The number of carbonyl (C=O) groups is 1. The number of hydrogen-bond donors (Lipinski definition) is 1. The van der Waals surface area contributed by atoms with Crippen LogP contribution < -0.4 is 10.5 Å². The van der Waals surface area contributed by atoms with E-state index in [1.54, 1.807) is 22.7 Å². The average Bonchev–Trinajstić information content (AvgIpc) is 3.21. The number of nitrogens with two attached hydrogens (primary N) is 1. The number of likely N-dealkylation sites (tertiary alicyclic amines) is 2. The summed E-state index contributed by atoms with van der Waals surface area (Å²) in [5, 5.41) is 13.6. The molecule has 0 unspecified atom stereocenters. The lowest BCUT2D eigenvalue weighted by Gasteiger charge is -2.47. The second-order valence-electron chi connectivity index (χ2n) is 10.4. The molecule has 0 saturated carbocycles. The molecule has 2 saturated heterocycles. The standard InChI is InChI=1S/C26H35N7O3/c1-17(22(12-28)18-10-23(35-5)24-19(11-27)13-29-33(24)14-18)30-20-6-8-31(9-7-20)21-15-32(16-21)25(34)36-26(2,3)4/h10,12-14,20-21H,6-9,15-16,28H2,1-5H3/b22-12+,30-17?. The molecule has 192 valence electrons. The maximum atomic E-state index is 12.2. The molecule has 0 radical (unpaired) electrons. The largest absolute Gasteiger partial charge is 0.494 e. The number of ether oxygens (including phenoxy) is 2. The Morgan fingerprint density at radius 1 is 1.31 bits per heavy atom. The van der Waals surface area contributed by atoms with Crippen LogP contribution in [0.3, 0.4) is 0 Å². The first kappa shape index (κ1) is 25.5. The molecule has 0 bridgehead atoms. The van der Waals surface area contributed by atoms with Gasteiger partial charge in [0.05, 0.1) is 19.3 Å². The van der Waals surface area contributed by atoms with Crippen molar-refractivity contribution in [1.82, 2.24) is 19.4 Å². The van der Waals surface area contributed by atoms with Gasteiger partial charge in [0.2, 0.25) is 0 Å². The summed E-state index contributed by atoms with van der Waals surface area (Å²) in [6, 6.07) is 4.60. The van der Waals surface area contributed by atoms with Crippen molar-refractivity contribution in [3.63, 3.8) is 0 Å². The van der Waals surface area contributed by atoms with Gasteiger partial charge in [-0.25, -0.2) is 9.31 Å². The molecule has 2 aliphatic heterocycles. The number of carbonyl (C=O) groups excluding carboxylic acids is 1. The van der Waals surface area contributed by atoms with Crippen LogP contribution in [0.1, 0.15) is 51.7 Å². The molecule has 4 heterocycles. The van der Waals surface area contributed by atoms with Crippen molar-refractivity contribution in [3.05, 3.63) is 35.8 Å². The van der Waals surface area contributed by atoms with Crippen LogP contribution in [0.4, 0.5) is 4.79 Å². The van der Waals surface area contributed by atoms with Crippen molar-refractivity contribution in [2.24, 2.45) is 10.7 Å². The number of methoxy groups -OCH3 is 1. The fourth-order valence-corrected chi connectivity index (χ4v) is 4.78. The summed E-state index contributed by atoms with van der Waals surface area (Å²) in [7, 11) is 1.57. The first-order valence-electron chi connectivity index (χ1n) is 12.3. The molecule has 2 fully saturated rings. The molecule has 10 nitrogen and oxygen atoms in total. The molecule has 0 spiro atoms. The predicted octanol–water partition coefficient (Wildman–Crippen LogP) is 3.06. The Balaban J connectivity index is 1.37. The van der Waals surface area contributed by atoms with Crippen LogP contribution >= 0.6 is 0 Å². The molecule has 36 heavy (non-hydrogen) atoms. The van der Waals surface area contributed by atoms with Crippen molar-refractivity contribution >= 4 is 22.9 Å². The Morgan fingerprint density at radius 3 is 2.58 bits per heavy atom. The summed E-state index contributed by atoms with van der Waals surface area (Å²) in [5.41, 5.74) is 9.12. The lowest BCUT2D eigenvalue weighted by atomic mass is 9.99. The number of rotatable bonds is 5. The van der Waals surface area contributed by atoms with E-state index in [1.165, 1.54) is 6.20 Å². The monoisotopic (exact) mass is 493 g/mol. The second kappa shape index (κ2) is 10.2. The first-order valence-corrected chi connectivity index (χ1v) is 12.3. The minimum atomic E-state index is -0.470. The molecule has 2 aromatic heterocycles.